The largest absolute Gasteiger partial charge is 0.340 e. The van der Waals surface area contributed by atoms with E-state index in [4.69, 9.17) is 0 Å². The standard InChI is InChI=1S/C24H35N3O2S/c1-2-19-7-9-21(10-8-19)23(28)26-13-11-25(12-14-26)22(20-5-3-4-6-20)24(29)27-15-17-30-18-16-27/h7-10,20,22H,2-6,11-18H2,1H3/t22-/m1/s1. The molecular weight excluding hydrogens is 394 g/mol. The van der Waals surface area contributed by atoms with Crippen molar-refractivity contribution in [1.29, 1.82) is 0 Å². The van der Waals surface area contributed by atoms with E-state index < -0.39 is 0 Å². The molecule has 2 saturated heterocycles. The molecule has 1 aliphatic carbocycles. The highest BCUT2D eigenvalue weighted by Crippen LogP contribution is 2.32. The Balaban J connectivity index is 1.40. The first-order chi connectivity index (χ1) is 14.7. The molecule has 1 atom stereocenters. The van der Waals surface area contributed by atoms with E-state index in [9.17, 15) is 9.59 Å². The number of amides is 2. The van der Waals surface area contributed by atoms with Gasteiger partial charge in [-0.3, -0.25) is 14.5 Å². The Morgan fingerprint density at radius 3 is 2.17 bits per heavy atom. The Labute approximate surface area is 185 Å². The summed E-state index contributed by atoms with van der Waals surface area (Å²) in [5.74, 6) is 3.06. The number of aryl methyl sites for hydroxylation is 1. The van der Waals surface area contributed by atoms with Crippen molar-refractivity contribution in [2.75, 3.05) is 50.8 Å². The number of hydrogen-bond acceptors (Lipinski definition) is 4. The van der Waals surface area contributed by atoms with Gasteiger partial charge in [0.15, 0.2) is 0 Å². The molecule has 0 spiro atoms. The summed E-state index contributed by atoms with van der Waals surface area (Å²) in [7, 11) is 0. The van der Waals surface area contributed by atoms with E-state index in [1.165, 1.54) is 31.2 Å². The van der Waals surface area contributed by atoms with E-state index in [-0.39, 0.29) is 11.9 Å². The van der Waals surface area contributed by atoms with Gasteiger partial charge in [0.2, 0.25) is 5.91 Å². The van der Waals surface area contributed by atoms with Gasteiger partial charge in [-0.15, -0.1) is 0 Å². The molecule has 2 heterocycles. The fraction of sp³-hybridized carbons (Fsp3) is 0.667. The second kappa shape index (κ2) is 10.2. The monoisotopic (exact) mass is 429 g/mol. The fourth-order valence-corrected chi connectivity index (χ4v) is 6.07. The minimum atomic E-state index is 0.0108. The van der Waals surface area contributed by atoms with Crippen LogP contribution < -0.4 is 0 Å². The van der Waals surface area contributed by atoms with Crippen LogP contribution in [0, 0.1) is 5.92 Å². The van der Waals surface area contributed by atoms with Crippen LogP contribution in [0.4, 0.5) is 0 Å². The molecule has 0 bridgehead atoms. The number of benzene rings is 1. The normalized spacial score (nSPS) is 22.3. The average Bonchev–Trinajstić information content (AvgIpc) is 3.34. The molecule has 1 aromatic rings. The number of hydrogen-bond donors (Lipinski definition) is 0. The number of carbonyl (C=O) groups is 2. The number of rotatable bonds is 5. The maximum absolute atomic E-state index is 13.5. The zero-order valence-corrected chi connectivity index (χ0v) is 19.0. The topological polar surface area (TPSA) is 43.9 Å². The Morgan fingerprint density at radius 2 is 1.57 bits per heavy atom. The van der Waals surface area contributed by atoms with Gasteiger partial charge >= 0.3 is 0 Å². The van der Waals surface area contributed by atoms with Gasteiger partial charge in [0.25, 0.3) is 5.91 Å². The van der Waals surface area contributed by atoms with E-state index in [1.807, 2.05) is 28.8 Å². The Hall–Kier alpha value is -1.53. The third-order valence-electron chi connectivity index (χ3n) is 7.03. The zero-order valence-electron chi connectivity index (χ0n) is 18.2. The average molecular weight is 430 g/mol. The summed E-state index contributed by atoms with van der Waals surface area (Å²) < 4.78 is 0. The first-order valence-electron chi connectivity index (χ1n) is 11.7. The molecule has 1 aromatic carbocycles. The SMILES string of the molecule is CCc1ccc(C(=O)N2CCN([C@@H](C(=O)N3CCSCC3)C3CCCC3)CC2)cc1. The summed E-state index contributed by atoms with van der Waals surface area (Å²) in [5.41, 5.74) is 2.03. The van der Waals surface area contributed by atoms with Crippen molar-refractivity contribution in [2.24, 2.45) is 5.92 Å². The lowest BCUT2D eigenvalue weighted by molar-refractivity contribution is -0.139. The van der Waals surface area contributed by atoms with Gasteiger partial charge in [-0.25, -0.2) is 0 Å². The predicted molar refractivity (Wildman–Crippen MR) is 123 cm³/mol. The molecular formula is C24H35N3O2S. The van der Waals surface area contributed by atoms with Crippen molar-refractivity contribution in [1.82, 2.24) is 14.7 Å². The molecule has 3 fully saturated rings. The number of piperazine rings is 1. The lowest BCUT2D eigenvalue weighted by Crippen LogP contribution is -2.59. The Bertz CT molecular complexity index is 718. The summed E-state index contributed by atoms with van der Waals surface area (Å²) in [5, 5.41) is 0. The Morgan fingerprint density at radius 1 is 0.933 bits per heavy atom. The molecule has 6 heteroatoms. The van der Waals surface area contributed by atoms with Gasteiger partial charge < -0.3 is 9.80 Å². The first kappa shape index (κ1) is 21.7. The van der Waals surface area contributed by atoms with Gasteiger partial charge in [-0.2, -0.15) is 11.8 Å². The Kier molecular flexibility index (Phi) is 7.37. The minimum absolute atomic E-state index is 0.0108. The zero-order chi connectivity index (χ0) is 20.9. The molecule has 5 nitrogen and oxygen atoms in total. The molecule has 30 heavy (non-hydrogen) atoms. The van der Waals surface area contributed by atoms with Gasteiger partial charge in [0, 0.05) is 56.3 Å². The maximum atomic E-state index is 13.5. The highest BCUT2D eigenvalue weighted by atomic mass is 32.2. The van der Waals surface area contributed by atoms with Gasteiger partial charge in [0.1, 0.15) is 0 Å². The summed E-state index contributed by atoms with van der Waals surface area (Å²) in [6.45, 7) is 6.92. The number of thioether (sulfide) groups is 1. The summed E-state index contributed by atoms with van der Waals surface area (Å²) >= 11 is 1.95. The lowest BCUT2D eigenvalue weighted by Gasteiger charge is -2.43. The summed E-state index contributed by atoms with van der Waals surface area (Å²) in [6.07, 6.45) is 5.82. The van der Waals surface area contributed by atoms with Crippen LogP contribution in [0.3, 0.4) is 0 Å². The summed E-state index contributed by atoms with van der Waals surface area (Å²) in [6, 6.07) is 8.01. The molecule has 2 aliphatic heterocycles. The van der Waals surface area contributed by atoms with Crippen molar-refractivity contribution in [2.45, 2.75) is 45.1 Å². The van der Waals surface area contributed by atoms with Crippen LogP contribution in [0.2, 0.25) is 0 Å². The van der Waals surface area contributed by atoms with Crippen LogP contribution in [-0.4, -0.2) is 83.3 Å². The molecule has 0 N–H and O–H groups in total. The molecule has 2 amide bonds. The molecule has 164 valence electrons. The number of carbonyl (C=O) groups excluding carboxylic acids is 2. The van der Waals surface area contributed by atoms with Gasteiger partial charge in [-0.05, 0) is 42.9 Å². The van der Waals surface area contributed by atoms with Crippen molar-refractivity contribution in [3.63, 3.8) is 0 Å². The molecule has 1 saturated carbocycles. The molecule has 4 rings (SSSR count). The predicted octanol–water partition coefficient (Wildman–Crippen LogP) is 3.14. The van der Waals surface area contributed by atoms with Crippen LogP contribution in [0.25, 0.3) is 0 Å². The van der Waals surface area contributed by atoms with Crippen LogP contribution in [0.1, 0.15) is 48.5 Å². The van der Waals surface area contributed by atoms with Crippen LogP contribution in [0.15, 0.2) is 24.3 Å². The third-order valence-corrected chi connectivity index (χ3v) is 7.97. The highest BCUT2D eigenvalue weighted by molar-refractivity contribution is 7.99. The van der Waals surface area contributed by atoms with Gasteiger partial charge in [0.05, 0.1) is 6.04 Å². The third kappa shape index (κ3) is 4.86. The second-order valence-corrected chi connectivity index (χ2v) is 10.0. The van der Waals surface area contributed by atoms with Crippen LogP contribution >= 0.6 is 11.8 Å². The van der Waals surface area contributed by atoms with Gasteiger partial charge in [-0.1, -0.05) is 31.9 Å². The van der Waals surface area contributed by atoms with Crippen molar-refractivity contribution in [3.8, 4) is 0 Å². The van der Waals surface area contributed by atoms with E-state index >= 15 is 0 Å². The summed E-state index contributed by atoms with van der Waals surface area (Å²) in [4.78, 5) is 32.9. The van der Waals surface area contributed by atoms with Crippen molar-refractivity contribution < 1.29 is 9.59 Å². The lowest BCUT2D eigenvalue weighted by atomic mass is 9.94. The fourth-order valence-electron chi connectivity index (χ4n) is 5.17. The minimum Gasteiger partial charge on any atom is -0.340 e. The molecule has 0 aromatic heterocycles. The van der Waals surface area contributed by atoms with E-state index in [1.54, 1.807) is 0 Å². The van der Waals surface area contributed by atoms with E-state index in [2.05, 4.69) is 28.9 Å². The van der Waals surface area contributed by atoms with Crippen LogP contribution in [-0.2, 0) is 11.2 Å². The smallest absolute Gasteiger partial charge is 0.253 e. The number of nitrogens with zero attached hydrogens (tertiary/aromatic N) is 3. The quantitative estimate of drug-likeness (QED) is 0.721. The molecule has 0 unspecified atom stereocenters. The molecule has 3 aliphatic rings. The maximum Gasteiger partial charge on any atom is 0.253 e. The highest BCUT2D eigenvalue weighted by Gasteiger charge is 2.39. The van der Waals surface area contributed by atoms with E-state index in [0.29, 0.717) is 24.9 Å². The van der Waals surface area contributed by atoms with Crippen molar-refractivity contribution >= 4 is 23.6 Å². The molecule has 0 radical (unpaired) electrons. The van der Waals surface area contributed by atoms with Crippen LogP contribution in [0.5, 0.6) is 0 Å². The second-order valence-electron chi connectivity index (χ2n) is 8.81. The first-order valence-corrected chi connectivity index (χ1v) is 12.8. The van der Waals surface area contributed by atoms with E-state index in [0.717, 1.165) is 49.7 Å². The van der Waals surface area contributed by atoms with Crippen molar-refractivity contribution in [3.05, 3.63) is 35.4 Å².